The van der Waals surface area contributed by atoms with Gasteiger partial charge in [0.25, 0.3) is 5.91 Å². The Morgan fingerprint density at radius 1 is 1.15 bits per heavy atom. The summed E-state index contributed by atoms with van der Waals surface area (Å²) < 4.78 is 6.12. The second-order valence-electron chi connectivity index (χ2n) is 8.40. The standard InChI is InChI=1S/C26H30N4O3S/c27-24-6-3-20(26(32)29-16-18-9-14-34-17-18)15-23(24)25(28)19-1-4-21(5-2-19)33-22-7-10-30(11-8-22)12-13-31/h1-6,9,14-15,17,22,28,31H,7-8,10-13,16,27H2,(H,29,32). The first kappa shape index (κ1) is 23.9. The second-order valence-corrected chi connectivity index (χ2v) is 9.18. The van der Waals surface area contributed by atoms with Gasteiger partial charge in [0.05, 0.1) is 12.3 Å². The molecule has 3 aromatic rings. The summed E-state index contributed by atoms with van der Waals surface area (Å²) in [5.74, 6) is 0.570. The second kappa shape index (κ2) is 11.3. The molecule has 1 saturated heterocycles. The van der Waals surface area contributed by atoms with Gasteiger partial charge in [-0.25, -0.2) is 0 Å². The van der Waals surface area contributed by atoms with E-state index in [1.54, 1.807) is 29.5 Å². The quantitative estimate of drug-likeness (QED) is 0.278. The van der Waals surface area contributed by atoms with E-state index in [0.29, 0.717) is 35.5 Å². The third-order valence-corrected chi connectivity index (χ3v) is 6.75. The lowest BCUT2D eigenvalue weighted by molar-refractivity contribution is 0.0889. The van der Waals surface area contributed by atoms with Gasteiger partial charge in [-0.3, -0.25) is 10.2 Å². The summed E-state index contributed by atoms with van der Waals surface area (Å²) in [6.07, 6.45) is 2.00. The SMILES string of the molecule is N=C(c1ccc(OC2CCN(CCO)CC2)cc1)c1cc(C(=O)NCc2ccsc2)ccc1N. The fourth-order valence-electron chi connectivity index (χ4n) is 4.03. The molecule has 0 bridgehead atoms. The molecule has 1 aromatic heterocycles. The van der Waals surface area contributed by atoms with Crippen LogP contribution in [0.2, 0.25) is 0 Å². The Hall–Kier alpha value is -3.20. The summed E-state index contributed by atoms with van der Waals surface area (Å²) in [6.45, 7) is 3.20. The lowest BCUT2D eigenvalue weighted by atomic mass is 9.98. The zero-order chi connectivity index (χ0) is 23.9. The van der Waals surface area contributed by atoms with Crippen LogP contribution in [0.5, 0.6) is 5.75 Å². The molecule has 2 aromatic carbocycles. The molecule has 1 aliphatic heterocycles. The molecule has 2 heterocycles. The van der Waals surface area contributed by atoms with Crippen molar-refractivity contribution in [2.24, 2.45) is 0 Å². The third-order valence-electron chi connectivity index (χ3n) is 6.01. The van der Waals surface area contributed by atoms with Gasteiger partial charge < -0.3 is 25.8 Å². The first-order valence-electron chi connectivity index (χ1n) is 11.4. The largest absolute Gasteiger partial charge is 0.490 e. The molecule has 8 heteroatoms. The van der Waals surface area contributed by atoms with Gasteiger partial charge in [0.1, 0.15) is 11.9 Å². The first-order valence-corrected chi connectivity index (χ1v) is 12.4. The van der Waals surface area contributed by atoms with Gasteiger partial charge in [-0.05, 0) is 77.7 Å². The molecular weight excluding hydrogens is 448 g/mol. The fourth-order valence-corrected chi connectivity index (χ4v) is 4.70. The molecule has 7 nitrogen and oxygen atoms in total. The number of thiophene rings is 1. The Kier molecular flexibility index (Phi) is 7.95. The maximum atomic E-state index is 12.6. The number of nitrogens with two attached hydrogens (primary N) is 1. The van der Waals surface area contributed by atoms with E-state index in [9.17, 15) is 4.79 Å². The number of aliphatic hydroxyl groups excluding tert-OH is 1. The van der Waals surface area contributed by atoms with Crippen LogP contribution in [0.25, 0.3) is 0 Å². The molecule has 34 heavy (non-hydrogen) atoms. The Morgan fingerprint density at radius 2 is 1.88 bits per heavy atom. The average molecular weight is 479 g/mol. The molecule has 4 rings (SSSR count). The van der Waals surface area contributed by atoms with E-state index in [4.69, 9.17) is 21.0 Å². The number of hydrogen-bond donors (Lipinski definition) is 4. The van der Waals surface area contributed by atoms with Gasteiger partial charge in [-0.2, -0.15) is 11.3 Å². The highest BCUT2D eigenvalue weighted by Crippen LogP contribution is 2.23. The highest BCUT2D eigenvalue weighted by molar-refractivity contribution is 7.07. The van der Waals surface area contributed by atoms with Crippen LogP contribution >= 0.6 is 11.3 Å². The number of carbonyl (C=O) groups is 1. The highest BCUT2D eigenvalue weighted by Gasteiger charge is 2.20. The van der Waals surface area contributed by atoms with E-state index >= 15 is 0 Å². The summed E-state index contributed by atoms with van der Waals surface area (Å²) in [4.78, 5) is 14.8. The number of carbonyl (C=O) groups excluding carboxylic acids is 1. The summed E-state index contributed by atoms with van der Waals surface area (Å²) >= 11 is 1.59. The van der Waals surface area contributed by atoms with E-state index in [1.165, 1.54) is 0 Å². The van der Waals surface area contributed by atoms with Gasteiger partial charge in [-0.1, -0.05) is 0 Å². The molecular formula is C26H30N4O3S. The number of nitrogen functional groups attached to an aromatic ring is 1. The number of hydrogen-bond acceptors (Lipinski definition) is 7. The lowest BCUT2D eigenvalue weighted by Crippen LogP contribution is -2.39. The van der Waals surface area contributed by atoms with Gasteiger partial charge in [0.2, 0.25) is 0 Å². The molecule has 0 aliphatic carbocycles. The van der Waals surface area contributed by atoms with Crippen LogP contribution < -0.4 is 15.8 Å². The topological polar surface area (TPSA) is 112 Å². The normalized spacial score (nSPS) is 14.6. The fraction of sp³-hybridized carbons (Fsp3) is 0.308. The Balaban J connectivity index is 1.38. The molecule has 0 spiro atoms. The van der Waals surface area contributed by atoms with E-state index < -0.39 is 0 Å². The van der Waals surface area contributed by atoms with Gasteiger partial charge in [0.15, 0.2) is 0 Å². The van der Waals surface area contributed by atoms with Gasteiger partial charge in [0, 0.05) is 48.6 Å². The van der Waals surface area contributed by atoms with Crippen molar-refractivity contribution in [3.05, 3.63) is 81.5 Å². The summed E-state index contributed by atoms with van der Waals surface area (Å²) in [5.41, 5.74) is 9.61. The molecule has 0 saturated carbocycles. The molecule has 0 radical (unpaired) electrons. The number of nitrogens with one attached hydrogen (secondary N) is 2. The number of ether oxygens (including phenoxy) is 1. The maximum absolute atomic E-state index is 12.6. The first-order chi connectivity index (χ1) is 16.5. The van der Waals surface area contributed by atoms with Crippen molar-refractivity contribution in [2.45, 2.75) is 25.5 Å². The Morgan fingerprint density at radius 3 is 2.56 bits per heavy atom. The minimum Gasteiger partial charge on any atom is -0.490 e. The van der Waals surface area contributed by atoms with Crippen LogP contribution in [0.4, 0.5) is 5.69 Å². The Labute approximate surface area is 203 Å². The number of aliphatic hydroxyl groups is 1. The molecule has 1 fully saturated rings. The van der Waals surface area contributed by atoms with Crippen molar-refractivity contribution in [1.29, 1.82) is 5.41 Å². The van der Waals surface area contributed by atoms with E-state index in [-0.39, 0.29) is 24.3 Å². The molecule has 5 N–H and O–H groups in total. The van der Waals surface area contributed by atoms with Crippen molar-refractivity contribution < 1.29 is 14.6 Å². The number of amides is 1. The highest BCUT2D eigenvalue weighted by atomic mass is 32.1. The minimum atomic E-state index is -0.200. The van der Waals surface area contributed by atoms with E-state index in [2.05, 4.69) is 10.2 Å². The average Bonchev–Trinajstić information content (AvgIpc) is 3.38. The number of anilines is 1. The molecule has 1 amide bonds. The van der Waals surface area contributed by atoms with Crippen LogP contribution in [0.15, 0.2) is 59.3 Å². The summed E-state index contributed by atoms with van der Waals surface area (Å²) in [6, 6.07) is 14.4. The smallest absolute Gasteiger partial charge is 0.251 e. The van der Waals surface area contributed by atoms with Crippen molar-refractivity contribution in [2.75, 3.05) is 32.0 Å². The maximum Gasteiger partial charge on any atom is 0.251 e. The zero-order valence-electron chi connectivity index (χ0n) is 19.0. The summed E-state index contributed by atoms with van der Waals surface area (Å²) in [7, 11) is 0. The van der Waals surface area contributed by atoms with Crippen LogP contribution in [0.1, 0.15) is 39.9 Å². The number of nitrogens with zero attached hydrogens (tertiary/aromatic N) is 1. The number of likely N-dealkylation sites (tertiary alicyclic amines) is 1. The van der Waals surface area contributed by atoms with Crippen molar-refractivity contribution in [3.8, 4) is 5.75 Å². The van der Waals surface area contributed by atoms with Crippen molar-refractivity contribution in [3.63, 3.8) is 0 Å². The monoisotopic (exact) mass is 478 g/mol. The zero-order valence-corrected chi connectivity index (χ0v) is 19.8. The van der Waals surface area contributed by atoms with Crippen LogP contribution in [-0.2, 0) is 6.54 Å². The molecule has 1 aliphatic rings. The molecule has 0 atom stereocenters. The van der Waals surface area contributed by atoms with Gasteiger partial charge >= 0.3 is 0 Å². The number of β-amino-alcohol motifs (C(OH)–C–C–N with tert-alkyl or cyclic N) is 1. The third kappa shape index (κ3) is 6.02. The van der Waals surface area contributed by atoms with Crippen LogP contribution in [0, 0.1) is 5.41 Å². The van der Waals surface area contributed by atoms with Crippen LogP contribution in [0.3, 0.4) is 0 Å². The number of piperidine rings is 1. The van der Waals surface area contributed by atoms with Crippen LogP contribution in [-0.4, -0.2) is 54.0 Å². The van der Waals surface area contributed by atoms with E-state index in [0.717, 1.165) is 37.2 Å². The number of benzene rings is 2. The predicted molar refractivity (Wildman–Crippen MR) is 136 cm³/mol. The van der Waals surface area contributed by atoms with Crippen molar-refractivity contribution >= 4 is 28.6 Å². The summed E-state index contributed by atoms with van der Waals surface area (Å²) in [5, 5.41) is 24.6. The number of rotatable bonds is 9. The molecule has 178 valence electrons. The molecule has 0 unspecified atom stereocenters. The Bertz CT molecular complexity index is 1110. The van der Waals surface area contributed by atoms with Crippen molar-refractivity contribution in [1.82, 2.24) is 10.2 Å². The minimum absolute atomic E-state index is 0.153. The predicted octanol–water partition coefficient (Wildman–Crippen LogP) is 3.51. The van der Waals surface area contributed by atoms with E-state index in [1.807, 2.05) is 41.1 Å². The van der Waals surface area contributed by atoms with Gasteiger partial charge in [-0.15, -0.1) is 0 Å². The lowest BCUT2D eigenvalue weighted by Gasteiger charge is -2.31.